The molecule has 4 rings (SSSR count). The summed E-state index contributed by atoms with van der Waals surface area (Å²) < 4.78 is 59.8. The number of benzene rings is 2. The molecule has 2 aromatic carbocycles. The third kappa shape index (κ3) is 3.20. The number of halogens is 4. The zero-order valence-electron chi connectivity index (χ0n) is 14.8. The molecule has 9 heteroatoms. The molecular weight excluding hydrogens is 390 g/mol. The molecule has 0 aliphatic rings. The maximum Gasteiger partial charge on any atom is 0.259 e. The Kier molecular flexibility index (Phi) is 4.50. The van der Waals surface area contributed by atoms with E-state index >= 15 is 0 Å². The third-order valence-corrected chi connectivity index (χ3v) is 4.29. The molecule has 5 nitrogen and oxygen atoms in total. The zero-order chi connectivity index (χ0) is 20.7. The molecule has 0 saturated heterocycles. The van der Waals surface area contributed by atoms with Gasteiger partial charge in [-0.15, -0.1) is 0 Å². The van der Waals surface area contributed by atoms with Gasteiger partial charge in [-0.25, -0.2) is 22.5 Å². The van der Waals surface area contributed by atoms with E-state index in [4.69, 9.17) is 4.52 Å². The molecular formula is C20H11F4N3O2. The first-order valence-corrected chi connectivity index (χ1v) is 8.33. The van der Waals surface area contributed by atoms with Crippen molar-refractivity contribution in [2.45, 2.75) is 6.92 Å². The normalized spacial score (nSPS) is 11.1. The number of nitrogens with zero attached hydrogens (tertiary/aromatic N) is 2. The molecule has 1 N–H and O–H groups in total. The van der Waals surface area contributed by atoms with Crippen molar-refractivity contribution in [1.29, 1.82) is 0 Å². The summed E-state index contributed by atoms with van der Waals surface area (Å²) >= 11 is 0. The van der Waals surface area contributed by atoms with Crippen LogP contribution in [0.3, 0.4) is 0 Å². The quantitative estimate of drug-likeness (QED) is 0.387. The van der Waals surface area contributed by atoms with Crippen molar-refractivity contribution in [3.63, 3.8) is 0 Å². The lowest BCUT2D eigenvalue weighted by molar-refractivity contribution is 0.102. The second-order valence-electron chi connectivity index (χ2n) is 6.16. The minimum atomic E-state index is -1.71. The van der Waals surface area contributed by atoms with E-state index in [1.807, 2.05) is 0 Å². The lowest BCUT2D eigenvalue weighted by atomic mass is 10.0. The molecule has 0 aliphatic heterocycles. The number of carbonyl (C=O) groups excluding carboxylic acids is 1. The summed E-state index contributed by atoms with van der Waals surface area (Å²) in [7, 11) is 0. The summed E-state index contributed by atoms with van der Waals surface area (Å²) in [5.41, 5.74) is -0.113. The smallest absolute Gasteiger partial charge is 0.259 e. The van der Waals surface area contributed by atoms with E-state index in [1.54, 1.807) is 13.0 Å². The highest BCUT2D eigenvalue weighted by Crippen LogP contribution is 2.29. The third-order valence-electron chi connectivity index (χ3n) is 4.29. The van der Waals surface area contributed by atoms with E-state index in [9.17, 15) is 22.4 Å². The fourth-order valence-corrected chi connectivity index (χ4v) is 2.89. The maximum atomic E-state index is 14.2. The average molecular weight is 401 g/mol. The molecule has 4 aromatic rings. The van der Waals surface area contributed by atoms with E-state index in [0.717, 1.165) is 6.07 Å². The fraction of sp³-hybridized carbons (Fsp3) is 0.0500. The van der Waals surface area contributed by atoms with Gasteiger partial charge in [0, 0.05) is 5.56 Å². The topological polar surface area (TPSA) is 68.0 Å². The maximum absolute atomic E-state index is 14.2. The number of rotatable bonds is 3. The Bertz CT molecular complexity index is 1270. The minimum Gasteiger partial charge on any atom is -0.335 e. The number of hydrogen-bond donors (Lipinski definition) is 1. The first kappa shape index (κ1) is 18.6. The fourth-order valence-electron chi connectivity index (χ4n) is 2.89. The van der Waals surface area contributed by atoms with Gasteiger partial charge in [-0.3, -0.25) is 4.79 Å². The van der Waals surface area contributed by atoms with Gasteiger partial charge in [-0.05, 0) is 37.3 Å². The molecule has 2 heterocycles. The molecule has 29 heavy (non-hydrogen) atoms. The van der Waals surface area contributed by atoms with Gasteiger partial charge >= 0.3 is 0 Å². The molecule has 0 unspecified atom stereocenters. The number of amides is 1. The van der Waals surface area contributed by atoms with Crippen LogP contribution in [0.25, 0.3) is 22.4 Å². The Morgan fingerprint density at radius 1 is 1.00 bits per heavy atom. The minimum absolute atomic E-state index is 0.0286. The van der Waals surface area contributed by atoms with E-state index in [0.29, 0.717) is 11.8 Å². The number of fused-ring (bicyclic) bond motifs is 1. The average Bonchev–Trinajstić information content (AvgIpc) is 3.09. The standard InChI is InChI=1S/C20H11F4N3O2/c1-9-16-11(19(28)25-14-7-6-13(22)17(23)18(14)24)8-15(26-20(16)29-27-9)10-4-2-3-5-12(10)21/h2-8H,1H3,(H,25,28). The predicted octanol–water partition coefficient (Wildman–Crippen LogP) is 5.01. The summed E-state index contributed by atoms with van der Waals surface area (Å²) in [5, 5.41) is 6.16. The van der Waals surface area contributed by atoms with Gasteiger partial charge in [0.2, 0.25) is 0 Å². The molecule has 0 aliphatic carbocycles. The van der Waals surface area contributed by atoms with Crippen molar-refractivity contribution < 1.29 is 26.9 Å². The highest BCUT2D eigenvalue weighted by atomic mass is 19.2. The van der Waals surface area contributed by atoms with Crippen LogP contribution in [0, 0.1) is 30.2 Å². The Hall–Kier alpha value is -3.75. The van der Waals surface area contributed by atoms with Gasteiger partial charge in [-0.1, -0.05) is 17.3 Å². The lowest BCUT2D eigenvalue weighted by Gasteiger charge is -2.10. The highest BCUT2D eigenvalue weighted by Gasteiger charge is 2.22. The van der Waals surface area contributed by atoms with Gasteiger partial charge in [0.15, 0.2) is 17.5 Å². The van der Waals surface area contributed by atoms with Crippen LogP contribution in [0.1, 0.15) is 16.1 Å². The van der Waals surface area contributed by atoms with Crippen LogP contribution >= 0.6 is 0 Å². The summed E-state index contributed by atoms with van der Waals surface area (Å²) in [6.45, 7) is 1.56. The second kappa shape index (κ2) is 7.01. The monoisotopic (exact) mass is 401 g/mol. The highest BCUT2D eigenvalue weighted by molar-refractivity contribution is 6.13. The molecule has 146 valence electrons. The molecule has 0 saturated carbocycles. The molecule has 0 fully saturated rings. The Labute approximate surface area is 161 Å². The summed E-state index contributed by atoms with van der Waals surface area (Å²) in [6.07, 6.45) is 0. The van der Waals surface area contributed by atoms with E-state index in [2.05, 4.69) is 15.5 Å². The van der Waals surface area contributed by atoms with Crippen molar-refractivity contribution >= 4 is 22.7 Å². The SMILES string of the molecule is Cc1noc2nc(-c3ccccc3F)cc(C(=O)Nc3ccc(F)c(F)c3F)c12. The zero-order valence-corrected chi connectivity index (χ0v) is 14.8. The summed E-state index contributed by atoms with van der Waals surface area (Å²) in [5.74, 6) is -6.07. The number of aromatic nitrogens is 2. The first-order chi connectivity index (χ1) is 13.9. The Morgan fingerprint density at radius 2 is 1.76 bits per heavy atom. The summed E-state index contributed by atoms with van der Waals surface area (Å²) in [4.78, 5) is 17.0. The number of anilines is 1. The van der Waals surface area contributed by atoms with Crippen molar-refractivity contribution in [1.82, 2.24) is 10.1 Å². The predicted molar refractivity (Wildman–Crippen MR) is 96.2 cm³/mol. The lowest BCUT2D eigenvalue weighted by Crippen LogP contribution is -2.15. The Balaban J connectivity index is 1.84. The molecule has 0 radical (unpaired) electrons. The number of nitrogens with one attached hydrogen (secondary N) is 1. The Morgan fingerprint density at radius 3 is 2.52 bits per heavy atom. The van der Waals surface area contributed by atoms with Crippen LogP contribution in [-0.4, -0.2) is 16.0 Å². The number of hydrogen-bond acceptors (Lipinski definition) is 4. The van der Waals surface area contributed by atoms with Crippen LogP contribution in [0.4, 0.5) is 23.2 Å². The van der Waals surface area contributed by atoms with Gasteiger partial charge < -0.3 is 9.84 Å². The van der Waals surface area contributed by atoms with E-state index in [-0.39, 0.29) is 27.9 Å². The molecule has 0 spiro atoms. The van der Waals surface area contributed by atoms with Gasteiger partial charge in [-0.2, -0.15) is 0 Å². The summed E-state index contributed by atoms with van der Waals surface area (Å²) in [6, 6.07) is 8.64. The van der Waals surface area contributed by atoms with E-state index in [1.165, 1.54) is 24.3 Å². The van der Waals surface area contributed by atoms with Crippen LogP contribution in [-0.2, 0) is 0 Å². The number of aryl methyl sites for hydroxylation is 1. The second-order valence-corrected chi connectivity index (χ2v) is 6.16. The van der Waals surface area contributed by atoms with Crippen LogP contribution in [0.5, 0.6) is 0 Å². The van der Waals surface area contributed by atoms with Gasteiger partial charge in [0.25, 0.3) is 11.6 Å². The van der Waals surface area contributed by atoms with Gasteiger partial charge in [0.1, 0.15) is 5.82 Å². The van der Waals surface area contributed by atoms with Crippen molar-refractivity contribution in [3.05, 3.63) is 77.0 Å². The van der Waals surface area contributed by atoms with Gasteiger partial charge in [0.05, 0.1) is 28.0 Å². The first-order valence-electron chi connectivity index (χ1n) is 8.33. The molecule has 1 amide bonds. The number of carbonyl (C=O) groups is 1. The number of pyridine rings is 1. The van der Waals surface area contributed by atoms with E-state index < -0.39 is 34.9 Å². The molecule has 2 aromatic heterocycles. The van der Waals surface area contributed by atoms with Crippen LogP contribution in [0.15, 0.2) is 47.0 Å². The molecule has 0 atom stereocenters. The van der Waals surface area contributed by atoms with Crippen LogP contribution in [0.2, 0.25) is 0 Å². The largest absolute Gasteiger partial charge is 0.335 e. The van der Waals surface area contributed by atoms with Crippen molar-refractivity contribution in [2.75, 3.05) is 5.32 Å². The van der Waals surface area contributed by atoms with Crippen molar-refractivity contribution in [3.8, 4) is 11.3 Å². The van der Waals surface area contributed by atoms with Crippen LogP contribution < -0.4 is 5.32 Å². The molecule has 0 bridgehead atoms. The van der Waals surface area contributed by atoms with Crippen molar-refractivity contribution in [2.24, 2.45) is 0 Å².